The Balaban J connectivity index is 2.06. The highest BCUT2D eigenvalue weighted by atomic mass is 16.5. The maximum Gasteiger partial charge on any atom is 0.289 e. The molecule has 102 valence electrons. The Morgan fingerprint density at radius 3 is 2.79 bits per heavy atom. The number of hydrogen-bond acceptors (Lipinski definition) is 4. The summed E-state index contributed by atoms with van der Waals surface area (Å²) >= 11 is 0. The highest BCUT2D eigenvalue weighted by molar-refractivity contribution is 5.91. The van der Waals surface area contributed by atoms with Crippen molar-refractivity contribution in [3.8, 4) is 0 Å². The molecule has 19 heavy (non-hydrogen) atoms. The zero-order chi connectivity index (χ0) is 13.8. The standard InChI is InChI=1S/C12H16N4O3/c1-8-6-16(7-9(2)18-8)12(17)11-4-3-10(19-11)5-14-15-13/h3-4,8-9H,5-7H2,1-2H3. The van der Waals surface area contributed by atoms with Crippen LogP contribution in [0, 0.1) is 0 Å². The Bertz CT molecular complexity index is 497. The van der Waals surface area contributed by atoms with Crippen LogP contribution in [0.15, 0.2) is 21.7 Å². The zero-order valence-corrected chi connectivity index (χ0v) is 10.9. The third-order valence-corrected chi connectivity index (χ3v) is 2.87. The Kier molecular flexibility index (Phi) is 4.09. The lowest BCUT2D eigenvalue weighted by Crippen LogP contribution is -2.48. The molecule has 1 fully saturated rings. The molecule has 0 bridgehead atoms. The Labute approximate surface area is 110 Å². The SMILES string of the molecule is CC1CN(C(=O)c2ccc(CN=[N+]=[N-])o2)CC(C)O1. The van der Waals surface area contributed by atoms with Gasteiger partial charge in [0.2, 0.25) is 0 Å². The minimum Gasteiger partial charge on any atom is -0.456 e. The predicted octanol–water partition coefficient (Wildman–Crippen LogP) is 2.34. The third kappa shape index (κ3) is 3.27. The van der Waals surface area contributed by atoms with Gasteiger partial charge in [0.1, 0.15) is 5.76 Å². The van der Waals surface area contributed by atoms with E-state index in [0.717, 1.165) is 0 Å². The summed E-state index contributed by atoms with van der Waals surface area (Å²) in [7, 11) is 0. The van der Waals surface area contributed by atoms with Crippen molar-refractivity contribution in [1.29, 1.82) is 0 Å². The first-order valence-electron chi connectivity index (χ1n) is 6.14. The molecule has 2 unspecified atom stereocenters. The van der Waals surface area contributed by atoms with Gasteiger partial charge in [0.05, 0.1) is 18.8 Å². The molecule has 1 aliphatic heterocycles. The molecule has 0 spiro atoms. The van der Waals surface area contributed by atoms with E-state index in [1.807, 2.05) is 13.8 Å². The Morgan fingerprint density at radius 1 is 1.47 bits per heavy atom. The molecule has 0 aliphatic carbocycles. The van der Waals surface area contributed by atoms with Crippen molar-refractivity contribution < 1.29 is 13.9 Å². The minimum atomic E-state index is -0.158. The molecule has 0 N–H and O–H groups in total. The Hall–Kier alpha value is -1.98. The van der Waals surface area contributed by atoms with Crippen molar-refractivity contribution in [1.82, 2.24) is 4.90 Å². The van der Waals surface area contributed by atoms with E-state index >= 15 is 0 Å². The average molecular weight is 264 g/mol. The average Bonchev–Trinajstić information content (AvgIpc) is 2.83. The molecule has 1 aromatic heterocycles. The van der Waals surface area contributed by atoms with Crippen molar-refractivity contribution in [3.63, 3.8) is 0 Å². The molecule has 2 atom stereocenters. The van der Waals surface area contributed by atoms with Crippen LogP contribution >= 0.6 is 0 Å². The van der Waals surface area contributed by atoms with Gasteiger partial charge in [0.15, 0.2) is 5.76 Å². The second-order valence-electron chi connectivity index (χ2n) is 4.62. The number of furan rings is 1. The number of azide groups is 1. The molecule has 2 rings (SSSR count). The van der Waals surface area contributed by atoms with Gasteiger partial charge in [-0.3, -0.25) is 4.79 Å². The second-order valence-corrected chi connectivity index (χ2v) is 4.62. The predicted molar refractivity (Wildman–Crippen MR) is 67.5 cm³/mol. The fourth-order valence-electron chi connectivity index (χ4n) is 2.18. The number of hydrogen-bond donors (Lipinski definition) is 0. The molecular formula is C12H16N4O3. The molecule has 2 heterocycles. The van der Waals surface area contributed by atoms with Crippen LogP contribution in [0.5, 0.6) is 0 Å². The lowest BCUT2D eigenvalue weighted by Gasteiger charge is -2.34. The van der Waals surface area contributed by atoms with Crippen LogP contribution < -0.4 is 0 Å². The normalized spacial score (nSPS) is 22.9. The maximum atomic E-state index is 12.3. The van der Waals surface area contributed by atoms with Gasteiger partial charge in [-0.15, -0.1) is 0 Å². The summed E-state index contributed by atoms with van der Waals surface area (Å²) in [6, 6.07) is 3.25. The van der Waals surface area contributed by atoms with Crippen LogP contribution in [-0.2, 0) is 11.3 Å². The van der Waals surface area contributed by atoms with Crippen molar-refractivity contribution >= 4 is 5.91 Å². The first-order chi connectivity index (χ1) is 9.10. The van der Waals surface area contributed by atoms with E-state index in [0.29, 0.717) is 18.8 Å². The van der Waals surface area contributed by atoms with Gasteiger partial charge < -0.3 is 14.1 Å². The molecule has 7 nitrogen and oxygen atoms in total. The molecule has 0 saturated carbocycles. The lowest BCUT2D eigenvalue weighted by molar-refractivity contribution is -0.0592. The molecule has 1 aliphatic rings. The van der Waals surface area contributed by atoms with Crippen LogP contribution in [0.4, 0.5) is 0 Å². The molecule has 0 aromatic carbocycles. The quantitative estimate of drug-likeness (QED) is 0.476. The topological polar surface area (TPSA) is 91.4 Å². The van der Waals surface area contributed by atoms with E-state index in [2.05, 4.69) is 10.0 Å². The van der Waals surface area contributed by atoms with Crippen molar-refractivity contribution in [2.45, 2.75) is 32.6 Å². The summed E-state index contributed by atoms with van der Waals surface area (Å²) in [6.45, 7) is 5.08. The zero-order valence-electron chi connectivity index (χ0n) is 10.9. The number of rotatable bonds is 3. The number of carbonyl (C=O) groups excluding carboxylic acids is 1. The molecule has 1 amide bonds. The van der Waals surface area contributed by atoms with Crippen LogP contribution in [0.3, 0.4) is 0 Å². The van der Waals surface area contributed by atoms with Gasteiger partial charge >= 0.3 is 0 Å². The number of ether oxygens (including phenoxy) is 1. The second kappa shape index (κ2) is 5.77. The smallest absolute Gasteiger partial charge is 0.289 e. The monoisotopic (exact) mass is 264 g/mol. The first kappa shape index (κ1) is 13.5. The number of morpholine rings is 1. The van der Waals surface area contributed by atoms with E-state index in [1.54, 1.807) is 17.0 Å². The fraction of sp³-hybridized carbons (Fsp3) is 0.583. The van der Waals surface area contributed by atoms with Crippen LogP contribution in [-0.4, -0.2) is 36.1 Å². The van der Waals surface area contributed by atoms with Gasteiger partial charge in [-0.2, -0.15) is 0 Å². The van der Waals surface area contributed by atoms with Gasteiger partial charge in [0, 0.05) is 18.0 Å². The third-order valence-electron chi connectivity index (χ3n) is 2.87. The lowest BCUT2D eigenvalue weighted by atomic mass is 10.2. The van der Waals surface area contributed by atoms with E-state index in [1.165, 1.54) is 0 Å². The molecule has 7 heteroatoms. The van der Waals surface area contributed by atoms with Crippen molar-refractivity contribution in [2.24, 2.45) is 5.11 Å². The number of nitrogens with zero attached hydrogens (tertiary/aromatic N) is 4. The van der Waals surface area contributed by atoms with Gasteiger partial charge in [-0.05, 0) is 31.5 Å². The number of carbonyl (C=O) groups is 1. The van der Waals surface area contributed by atoms with Crippen molar-refractivity contribution in [3.05, 3.63) is 34.1 Å². The highest BCUT2D eigenvalue weighted by Crippen LogP contribution is 2.16. The fourth-order valence-corrected chi connectivity index (χ4v) is 2.18. The number of amides is 1. The molecular weight excluding hydrogens is 248 g/mol. The summed E-state index contributed by atoms with van der Waals surface area (Å²) in [5.41, 5.74) is 8.23. The molecule has 0 radical (unpaired) electrons. The van der Waals surface area contributed by atoms with E-state index in [4.69, 9.17) is 14.7 Å². The molecule has 1 aromatic rings. The van der Waals surface area contributed by atoms with E-state index < -0.39 is 0 Å². The van der Waals surface area contributed by atoms with E-state index in [9.17, 15) is 4.79 Å². The van der Waals surface area contributed by atoms with Crippen LogP contribution in [0.1, 0.15) is 30.2 Å². The highest BCUT2D eigenvalue weighted by Gasteiger charge is 2.28. The van der Waals surface area contributed by atoms with Crippen molar-refractivity contribution in [2.75, 3.05) is 13.1 Å². The molecule has 1 saturated heterocycles. The van der Waals surface area contributed by atoms with Gasteiger partial charge in [-0.25, -0.2) is 0 Å². The Morgan fingerprint density at radius 2 is 2.16 bits per heavy atom. The van der Waals surface area contributed by atoms with Crippen LogP contribution in [0.2, 0.25) is 0 Å². The minimum absolute atomic E-state index is 0.0188. The van der Waals surface area contributed by atoms with E-state index in [-0.39, 0.29) is 30.4 Å². The van der Waals surface area contributed by atoms with Gasteiger partial charge in [-0.1, -0.05) is 5.11 Å². The van der Waals surface area contributed by atoms with Crippen LogP contribution in [0.25, 0.3) is 10.4 Å². The first-order valence-corrected chi connectivity index (χ1v) is 6.14. The van der Waals surface area contributed by atoms with Gasteiger partial charge in [0.25, 0.3) is 5.91 Å². The summed E-state index contributed by atoms with van der Waals surface area (Å²) in [5.74, 6) is 0.592. The summed E-state index contributed by atoms with van der Waals surface area (Å²) in [4.78, 5) is 16.6. The maximum absolute atomic E-state index is 12.3. The summed E-state index contributed by atoms with van der Waals surface area (Å²) < 4.78 is 11.0. The summed E-state index contributed by atoms with van der Waals surface area (Å²) in [5, 5.41) is 3.39. The summed E-state index contributed by atoms with van der Waals surface area (Å²) in [6.07, 6.45) is 0.0376. The largest absolute Gasteiger partial charge is 0.456 e.